The molecule has 0 bridgehead atoms. The molecule has 3 rings (SSSR count). The van der Waals surface area contributed by atoms with Crippen molar-refractivity contribution in [2.75, 3.05) is 0 Å². The summed E-state index contributed by atoms with van der Waals surface area (Å²) in [7, 11) is 0. The highest BCUT2D eigenvalue weighted by Gasteiger charge is 2.28. The maximum absolute atomic E-state index is 13.1. The van der Waals surface area contributed by atoms with Crippen molar-refractivity contribution < 1.29 is 9.53 Å². The number of hydrogen-bond acceptors (Lipinski definition) is 2. The van der Waals surface area contributed by atoms with E-state index in [4.69, 9.17) is 4.74 Å². The third-order valence-electron chi connectivity index (χ3n) is 4.29. The summed E-state index contributed by atoms with van der Waals surface area (Å²) in [5, 5.41) is 0. The van der Waals surface area contributed by atoms with Crippen LogP contribution in [0.3, 0.4) is 0 Å². The highest BCUT2D eigenvalue weighted by Crippen LogP contribution is 2.35. The highest BCUT2D eigenvalue weighted by atomic mass is 79.9. The third-order valence-corrected chi connectivity index (χ3v) is 7.00. The largest absolute Gasteiger partial charge is 0.488 e. The molecule has 0 fully saturated rings. The van der Waals surface area contributed by atoms with Gasteiger partial charge in [0.25, 0.3) is 0 Å². The summed E-state index contributed by atoms with van der Waals surface area (Å²) in [6.07, 6.45) is 0. The molecule has 0 N–H and O–H groups in total. The number of hydrogen-bond donors (Lipinski definition) is 0. The van der Waals surface area contributed by atoms with Crippen LogP contribution in [0.4, 0.5) is 0 Å². The summed E-state index contributed by atoms with van der Waals surface area (Å²) in [5.74, 6) is 0.584. The molecule has 3 aromatic carbocycles. The Kier molecular flexibility index (Phi) is 6.86. The summed E-state index contributed by atoms with van der Waals surface area (Å²) in [6, 6.07) is 25.5. The SMILES string of the molecule is Cc1ccc(C(Br)C(Br)C(=O)c2ccccc2OCc2ccccc2)cc1. The molecule has 0 spiro atoms. The molecule has 0 aliphatic carbocycles. The van der Waals surface area contributed by atoms with Crippen LogP contribution in [0.2, 0.25) is 0 Å². The predicted octanol–water partition coefficient (Wildman–Crippen LogP) is 6.66. The Balaban J connectivity index is 1.76. The molecule has 0 saturated carbocycles. The quantitative estimate of drug-likeness (QED) is 0.275. The van der Waals surface area contributed by atoms with Gasteiger partial charge in [0.1, 0.15) is 12.4 Å². The van der Waals surface area contributed by atoms with Crippen LogP contribution < -0.4 is 4.74 Å². The minimum Gasteiger partial charge on any atom is -0.488 e. The van der Waals surface area contributed by atoms with Gasteiger partial charge in [0.15, 0.2) is 5.78 Å². The lowest BCUT2D eigenvalue weighted by atomic mass is 10.0. The van der Waals surface area contributed by atoms with Crippen molar-refractivity contribution in [1.29, 1.82) is 0 Å². The molecular formula is C23H20Br2O2. The van der Waals surface area contributed by atoms with Crippen molar-refractivity contribution in [3.05, 3.63) is 101 Å². The van der Waals surface area contributed by atoms with Gasteiger partial charge in [-0.05, 0) is 30.2 Å². The minimum atomic E-state index is -0.401. The van der Waals surface area contributed by atoms with Crippen molar-refractivity contribution in [1.82, 2.24) is 0 Å². The lowest BCUT2D eigenvalue weighted by Gasteiger charge is -2.18. The van der Waals surface area contributed by atoms with Gasteiger partial charge in [-0.1, -0.05) is 104 Å². The molecule has 0 heterocycles. The van der Waals surface area contributed by atoms with Crippen LogP contribution in [-0.4, -0.2) is 10.6 Å². The second-order valence-electron chi connectivity index (χ2n) is 6.35. The molecule has 0 aromatic heterocycles. The number of benzene rings is 3. The molecule has 4 heteroatoms. The van der Waals surface area contributed by atoms with E-state index in [0.29, 0.717) is 17.9 Å². The van der Waals surface area contributed by atoms with Gasteiger partial charge in [0, 0.05) is 0 Å². The molecule has 0 amide bonds. The molecule has 2 atom stereocenters. The molecule has 27 heavy (non-hydrogen) atoms. The van der Waals surface area contributed by atoms with E-state index < -0.39 is 4.83 Å². The maximum atomic E-state index is 13.1. The maximum Gasteiger partial charge on any atom is 0.181 e. The first-order valence-corrected chi connectivity index (χ1v) is 10.5. The molecule has 0 radical (unpaired) electrons. The number of rotatable bonds is 7. The van der Waals surface area contributed by atoms with Crippen molar-refractivity contribution in [2.45, 2.75) is 23.2 Å². The Labute approximate surface area is 176 Å². The number of aryl methyl sites for hydroxylation is 1. The zero-order valence-corrected chi connectivity index (χ0v) is 18.1. The first-order valence-electron chi connectivity index (χ1n) is 8.71. The predicted molar refractivity (Wildman–Crippen MR) is 117 cm³/mol. The van der Waals surface area contributed by atoms with Crippen molar-refractivity contribution in [2.24, 2.45) is 0 Å². The van der Waals surface area contributed by atoms with Gasteiger partial charge >= 0.3 is 0 Å². The zero-order valence-electron chi connectivity index (χ0n) is 14.9. The van der Waals surface area contributed by atoms with Crippen molar-refractivity contribution >= 4 is 37.6 Å². The first-order chi connectivity index (χ1) is 13.1. The molecule has 0 saturated heterocycles. The van der Waals surface area contributed by atoms with Crippen molar-refractivity contribution in [3.8, 4) is 5.75 Å². The summed E-state index contributed by atoms with van der Waals surface area (Å²) < 4.78 is 5.94. The van der Waals surface area contributed by atoms with E-state index >= 15 is 0 Å². The fraction of sp³-hybridized carbons (Fsp3) is 0.174. The van der Waals surface area contributed by atoms with E-state index in [1.165, 1.54) is 5.56 Å². The van der Waals surface area contributed by atoms with Gasteiger partial charge in [0.2, 0.25) is 0 Å². The average molecular weight is 488 g/mol. The van der Waals surface area contributed by atoms with Gasteiger partial charge in [-0.3, -0.25) is 4.79 Å². The smallest absolute Gasteiger partial charge is 0.181 e. The van der Waals surface area contributed by atoms with Crippen LogP contribution in [0, 0.1) is 6.92 Å². The van der Waals surface area contributed by atoms with Gasteiger partial charge in [0.05, 0.1) is 15.2 Å². The Morgan fingerprint density at radius 1 is 0.889 bits per heavy atom. The van der Waals surface area contributed by atoms with Crippen molar-refractivity contribution in [3.63, 3.8) is 0 Å². The molecule has 2 unspecified atom stereocenters. The van der Waals surface area contributed by atoms with Gasteiger partial charge < -0.3 is 4.74 Å². The lowest BCUT2D eigenvalue weighted by molar-refractivity contribution is 0.0986. The van der Waals surface area contributed by atoms with Gasteiger partial charge in [-0.15, -0.1) is 0 Å². The normalized spacial score (nSPS) is 13.0. The molecule has 138 valence electrons. The number of Topliss-reactive ketones (excluding diaryl/α,β-unsaturated/α-hetero) is 1. The summed E-state index contributed by atoms with van der Waals surface area (Å²) >= 11 is 7.24. The number of ketones is 1. The van der Waals surface area contributed by atoms with Crippen LogP contribution in [0.1, 0.15) is 31.9 Å². The third kappa shape index (κ3) is 5.08. The number of carbonyl (C=O) groups is 1. The topological polar surface area (TPSA) is 26.3 Å². The number of carbonyl (C=O) groups excluding carboxylic acids is 1. The van der Waals surface area contributed by atoms with Gasteiger partial charge in [-0.2, -0.15) is 0 Å². The van der Waals surface area contributed by atoms with Crippen LogP contribution in [0.5, 0.6) is 5.75 Å². The number of para-hydroxylation sites is 1. The molecular weight excluding hydrogens is 468 g/mol. The first kappa shape index (κ1) is 19.8. The minimum absolute atomic E-state index is 0.0129. The van der Waals surface area contributed by atoms with Crippen LogP contribution >= 0.6 is 31.9 Å². The van der Waals surface area contributed by atoms with Crippen LogP contribution in [0.25, 0.3) is 0 Å². The molecule has 2 nitrogen and oxygen atoms in total. The molecule has 3 aromatic rings. The van der Waals surface area contributed by atoms with E-state index in [1.54, 1.807) is 0 Å². The Morgan fingerprint density at radius 2 is 1.52 bits per heavy atom. The summed E-state index contributed by atoms with van der Waals surface area (Å²) in [4.78, 5) is 12.6. The Hall–Kier alpha value is -1.91. The Bertz CT molecular complexity index is 892. The standard InChI is InChI=1S/C23H20Br2O2/c1-16-11-13-18(14-12-16)21(24)22(25)23(26)19-9-5-6-10-20(19)27-15-17-7-3-2-4-8-17/h2-14,21-22H,15H2,1H3. The fourth-order valence-electron chi connectivity index (χ4n) is 2.73. The van der Waals surface area contributed by atoms with Gasteiger partial charge in [-0.25, -0.2) is 0 Å². The fourth-order valence-corrected chi connectivity index (χ4v) is 3.83. The van der Waals surface area contributed by atoms with Crippen LogP contribution in [-0.2, 0) is 6.61 Å². The van der Waals surface area contributed by atoms with E-state index in [2.05, 4.69) is 31.9 Å². The van der Waals surface area contributed by atoms with E-state index in [1.807, 2.05) is 85.8 Å². The lowest BCUT2D eigenvalue weighted by Crippen LogP contribution is -2.20. The molecule has 0 aliphatic rings. The second kappa shape index (κ2) is 9.34. The summed E-state index contributed by atoms with van der Waals surface area (Å²) in [6.45, 7) is 2.47. The monoisotopic (exact) mass is 486 g/mol. The highest BCUT2D eigenvalue weighted by molar-refractivity contribution is 9.12. The number of alkyl halides is 2. The van der Waals surface area contributed by atoms with Crippen LogP contribution in [0.15, 0.2) is 78.9 Å². The number of ether oxygens (including phenoxy) is 1. The average Bonchev–Trinajstić information content (AvgIpc) is 2.72. The van der Waals surface area contributed by atoms with E-state index in [0.717, 1.165) is 11.1 Å². The zero-order chi connectivity index (χ0) is 19.2. The van der Waals surface area contributed by atoms with E-state index in [9.17, 15) is 4.79 Å². The van der Waals surface area contributed by atoms with E-state index in [-0.39, 0.29) is 10.6 Å². The summed E-state index contributed by atoms with van der Waals surface area (Å²) in [5.41, 5.74) is 3.88. The second-order valence-corrected chi connectivity index (χ2v) is 8.32. The number of halogens is 2. The molecule has 0 aliphatic heterocycles. The Morgan fingerprint density at radius 3 is 2.22 bits per heavy atom.